The molecule has 1 aromatic rings. The first-order valence-electron chi connectivity index (χ1n) is 8.08. The molecule has 134 valence electrons. The normalized spacial score (nSPS) is 14.5. The number of rotatable bonds is 6. The van der Waals surface area contributed by atoms with E-state index in [-0.39, 0.29) is 30.1 Å². The van der Waals surface area contributed by atoms with Crippen LogP contribution < -0.4 is 5.73 Å². The van der Waals surface area contributed by atoms with Crippen molar-refractivity contribution in [1.82, 2.24) is 4.90 Å². The van der Waals surface area contributed by atoms with Crippen LogP contribution in [-0.4, -0.2) is 49.7 Å². The van der Waals surface area contributed by atoms with Crippen LogP contribution in [0.5, 0.6) is 0 Å². The van der Waals surface area contributed by atoms with Crippen molar-refractivity contribution < 1.29 is 19.1 Å². The third kappa shape index (κ3) is 5.69. The second-order valence-electron chi connectivity index (χ2n) is 5.56. The number of benzene rings is 1. The van der Waals surface area contributed by atoms with Crippen LogP contribution in [0.4, 0.5) is 5.69 Å². The fourth-order valence-electron chi connectivity index (χ4n) is 2.65. The van der Waals surface area contributed by atoms with Crippen molar-refractivity contribution in [3.63, 3.8) is 0 Å². The third-order valence-electron chi connectivity index (χ3n) is 3.85. The number of carbonyl (C=O) groups is 2. The van der Waals surface area contributed by atoms with E-state index in [4.69, 9.17) is 15.2 Å². The number of nitrogen functional groups attached to an aromatic ring is 1. The van der Waals surface area contributed by atoms with Crippen molar-refractivity contribution >= 4 is 30.0 Å². The number of carbonyl (C=O) groups excluding carboxylic acids is 2. The molecule has 1 aliphatic rings. The Bertz CT molecular complexity index is 560. The van der Waals surface area contributed by atoms with Gasteiger partial charge in [0.25, 0.3) is 0 Å². The van der Waals surface area contributed by atoms with Gasteiger partial charge in [-0.05, 0) is 51.1 Å². The van der Waals surface area contributed by atoms with Crippen molar-refractivity contribution in [2.24, 2.45) is 0 Å². The van der Waals surface area contributed by atoms with E-state index in [1.165, 1.54) is 31.4 Å². The maximum Gasteiger partial charge on any atom is 0.339 e. The van der Waals surface area contributed by atoms with Crippen LogP contribution in [0.25, 0.3) is 0 Å². The van der Waals surface area contributed by atoms with Gasteiger partial charge in [0.1, 0.15) is 6.61 Å². The van der Waals surface area contributed by atoms with Crippen LogP contribution >= 0.6 is 12.4 Å². The maximum absolute atomic E-state index is 12.3. The van der Waals surface area contributed by atoms with E-state index in [0.29, 0.717) is 18.8 Å². The van der Waals surface area contributed by atoms with Crippen LogP contribution in [0.15, 0.2) is 18.2 Å². The highest BCUT2D eigenvalue weighted by Crippen LogP contribution is 2.16. The lowest BCUT2D eigenvalue weighted by Crippen LogP contribution is -2.33. The Hall–Kier alpha value is -1.79. The molecular weight excluding hydrogens is 332 g/mol. The van der Waals surface area contributed by atoms with Gasteiger partial charge in [-0.25, -0.2) is 9.59 Å². The van der Waals surface area contributed by atoms with Crippen molar-refractivity contribution in [3.05, 3.63) is 29.3 Å². The minimum Gasteiger partial charge on any atom is -0.462 e. The molecule has 0 aliphatic carbocycles. The topological polar surface area (TPSA) is 81.9 Å². The Labute approximate surface area is 148 Å². The summed E-state index contributed by atoms with van der Waals surface area (Å²) < 4.78 is 10.3. The van der Waals surface area contributed by atoms with Crippen molar-refractivity contribution in [2.45, 2.75) is 26.2 Å². The Balaban J connectivity index is 0.00000288. The summed E-state index contributed by atoms with van der Waals surface area (Å²) in [6.07, 6.45) is 3.65. The lowest BCUT2D eigenvalue weighted by molar-refractivity contribution is 0.0429. The van der Waals surface area contributed by atoms with Gasteiger partial charge in [0.2, 0.25) is 0 Å². The highest BCUT2D eigenvalue weighted by Gasteiger charge is 2.20. The third-order valence-corrected chi connectivity index (χ3v) is 3.85. The predicted octanol–water partition coefficient (Wildman–Crippen LogP) is 2.51. The monoisotopic (exact) mass is 356 g/mol. The Morgan fingerprint density at radius 2 is 1.75 bits per heavy atom. The molecule has 1 fully saturated rings. The molecule has 7 heteroatoms. The summed E-state index contributed by atoms with van der Waals surface area (Å²) in [5, 5.41) is 0. The van der Waals surface area contributed by atoms with Crippen LogP contribution in [0.2, 0.25) is 0 Å². The standard InChI is InChI=1S/C17H24N2O4.ClH/c1-2-22-16(20)14-7-6-13(18)12-15(14)17(21)23-11-10-19-8-4-3-5-9-19;/h6-7,12H,2-5,8-11,18H2,1H3;1H. The second kappa shape index (κ2) is 10.2. The summed E-state index contributed by atoms with van der Waals surface area (Å²) in [6.45, 7) is 5.06. The molecule has 0 atom stereocenters. The van der Waals surface area contributed by atoms with Crippen molar-refractivity contribution in [1.29, 1.82) is 0 Å². The van der Waals surface area contributed by atoms with Crippen LogP contribution in [0.1, 0.15) is 46.9 Å². The molecule has 0 saturated carbocycles. The molecule has 1 saturated heterocycles. The predicted molar refractivity (Wildman–Crippen MR) is 94.6 cm³/mol. The number of nitrogens with two attached hydrogens (primary N) is 1. The van der Waals surface area contributed by atoms with E-state index >= 15 is 0 Å². The molecule has 6 nitrogen and oxygen atoms in total. The van der Waals surface area contributed by atoms with Gasteiger partial charge in [0, 0.05) is 12.2 Å². The van der Waals surface area contributed by atoms with Crippen molar-refractivity contribution in [2.75, 3.05) is 38.6 Å². The first-order valence-corrected chi connectivity index (χ1v) is 8.08. The highest BCUT2D eigenvalue weighted by molar-refractivity contribution is 6.03. The molecule has 0 radical (unpaired) electrons. The quantitative estimate of drug-likeness (QED) is 0.623. The molecule has 0 bridgehead atoms. The minimum atomic E-state index is -0.546. The molecule has 0 spiro atoms. The number of nitrogens with zero attached hydrogens (tertiary/aromatic N) is 1. The minimum absolute atomic E-state index is 0. The van der Waals surface area contributed by atoms with Gasteiger partial charge in [-0.3, -0.25) is 4.90 Å². The smallest absolute Gasteiger partial charge is 0.339 e. The zero-order valence-electron chi connectivity index (χ0n) is 14.0. The van der Waals surface area contributed by atoms with Crippen LogP contribution in [0.3, 0.4) is 0 Å². The fourth-order valence-corrected chi connectivity index (χ4v) is 2.65. The van der Waals surface area contributed by atoms with E-state index < -0.39 is 11.9 Å². The number of likely N-dealkylation sites (tertiary alicyclic amines) is 1. The van der Waals surface area contributed by atoms with Gasteiger partial charge in [-0.15, -0.1) is 12.4 Å². The maximum atomic E-state index is 12.3. The van der Waals surface area contributed by atoms with Gasteiger partial charge < -0.3 is 15.2 Å². The molecule has 24 heavy (non-hydrogen) atoms. The first-order chi connectivity index (χ1) is 11.1. The molecule has 1 heterocycles. The summed E-state index contributed by atoms with van der Waals surface area (Å²) in [5.41, 5.74) is 6.46. The molecule has 2 N–H and O–H groups in total. The largest absolute Gasteiger partial charge is 0.462 e. The molecule has 0 aromatic heterocycles. The number of hydrogen-bond donors (Lipinski definition) is 1. The van der Waals surface area contributed by atoms with E-state index in [0.717, 1.165) is 13.1 Å². The number of esters is 2. The van der Waals surface area contributed by atoms with Gasteiger partial charge in [0.15, 0.2) is 0 Å². The number of hydrogen-bond acceptors (Lipinski definition) is 6. The number of ether oxygens (including phenoxy) is 2. The second-order valence-corrected chi connectivity index (χ2v) is 5.56. The van der Waals surface area contributed by atoms with Gasteiger partial charge in [-0.1, -0.05) is 6.42 Å². The summed E-state index contributed by atoms with van der Waals surface area (Å²) in [5.74, 6) is -1.09. The summed E-state index contributed by atoms with van der Waals surface area (Å²) >= 11 is 0. The summed E-state index contributed by atoms with van der Waals surface area (Å²) in [7, 11) is 0. The Morgan fingerprint density at radius 3 is 2.42 bits per heavy atom. The summed E-state index contributed by atoms with van der Waals surface area (Å²) in [6, 6.07) is 4.51. The van der Waals surface area contributed by atoms with E-state index in [2.05, 4.69) is 4.90 Å². The van der Waals surface area contributed by atoms with E-state index in [1.54, 1.807) is 13.0 Å². The SMILES string of the molecule is CCOC(=O)c1ccc(N)cc1C(=O)OCCN1CCCCC1.Cl. The van der Waals surface area contributed by atoms with Crippen LogP contribution in [-0.2, 0) is 9.47 Å². The zero-order chi connectivity index (χ0) is 16.7. The van der Waals surface area contributed by atoms with Crippen LogP contribution in [0, 0.1) is 0 Å². The number of anilines is 1. The van der Waals surface area contributed by atoms with Gasteiger partial charge >= 0.3 is 11.9 Å². The molecule has 1 aliphatic heterocycles. The molecule has 1 aromatic carbocycles. The van der Waals surface area contributed by atoms with E-state index in [1.807, 2.05) is 0 Å². The fraction of sp³-hybridized carbons (Fsp3) is 0.529. The Morgan fingerprint density at radius 1 is 1.08 bits per heavy atom. The Kier molecular flexibility index (Phi) is 8.57. The number of halogens is 1. The molecular formula is C17H25ClN2O4. The highest BCUT2D eigenvalue weighted by atomic mass is 35.5. The van der Waals surface area contributed by atoms with Gasteiger partial charge in [-0.2, -0.15) is 0 Å². The van der Waals surface area contributed by atoms with Gasteiger partial charge in [0.05, 0.1) is 17.7 Å². The first kappa shape index (κ1) is 20.3. The summed E-state index contributed by atoms with van der Waals surface area (Å²) in [4.78, 5) is 26.5. The molecule has 2 rings (SSSR count). The van der Waals surface area contributed by atoms with Crippen molar-refractivity contribution in [3.8, 4) is 0 Å². The average Bonchev–Trinajstić information content (AvgIpc) is 2.55. The zero-order valence-corrected chi connectivity index (χ0v) is 14.8. The molecule has 0 unspecified atom stereocenters. The van der Waals surface area contributed by atoms with E-state index in [9.17, 15) is 9.59 Å². The average molecular weight is 357 g/mol. The lowest BCUT2D eigenvalue weighted by Gasteiger charge is -2.25. The number of piperidine rings is 1. The molecule has 0 amide bonds. The lowest BCUT2D eigenvalue weighted by atomic mass is 10.1.